The molecule has 0 aliphatic rings. The first-order valence-corrected chi connectivity index (χ1v) is 9.28. The van der Waals surface area contributed by atoms with E-state index in [1.54, 1.807) is 13.0 Å². The minimum absolute atomic E-state index is 0.0905. The first-order chi connectivity index (χ1) is 11.9. The van der Waals surface area contributed by atoms with Crippen LogP contribution in [0.25, 0.3) is 0 Å². The third kappa shape index (κ3) is 4.80. The van der Waals surface area contributed by atoms with Gasteiger partial charge in [-0.15, -0.1) is 0 Å². The van der Waals surface area contributed by atoms with E-state index < -0.39 is 22.0 Å². The zero-order valence-electron chi connectivity index (χ0n) is 14.4. The molecule has 0 heterocycles. The number of ether oxygens (including phenoxy) is 1. The van der Waals surface area contributed by atoms with Crippen molar-refractivity contribution in [2.45, 2.75) is 24.3 Å². The van der Waals surface area contributed by atoms with Gasteiger partial charge in [0.05, 0.1) is 12.0 Å². The minimum Gasteiger partial charge on any atom is -0.496 e. The molecular formula is C18H22N2O4S. The van der Waals surface area contributed by atoms with Gasteiger partial charge in [-0.3, -0.25) is 4.79 Å². The van der Waals surface area contributed by atoms with E-state index in [1.807, 2.05) is 30.3 Å². The fourth-order valence-corrected chi connectivity index (χ4v) is 3.77. The Morgan fingerprint density at radius 3 is 2.40 bits per heavy atom. The highest BCUT2D eigenvalue weighted by molar-refractivity contribution is 7.89. The largest absolute Gasteiger partial charge is 0.496 e. The molecule has 2 aromatic carbocycles. The van der Waals surface area contributed by atoms with Gasteiger partial charge in [-0.1, -0.05) is 30.3 Å². The average molecular weight is 362 g/mol. The molecule has 0 bridgehead atoms. The molecule has 0 aliphatic carbocycles. The zero-order valence-corrected chi connectivity index (χ0v) is 15.3. The second-order valence-corrected chi connectivity index (χ2v) is 7.32. The molecule has 2 rings (SSSR count). The number of sulfonamides is 1. The summed E-state index contributed by atoms with van der Waals surface area (Å²) >= 11 is 0. The number of methoxy groups -OCH3 is 1. The third-order valence-electron chi connectivity index (χ3n) is 3.82. The molecule has 2 aromatic rings. The number of hydrogen-bond donors (Lipinski definition) is 2. The van der Waals surface area contributed by atoms with Crippen LogP contribution in [0, 0.1) is 6.92 Å². The Balaban J connectivity index is 2.27. The molecule has 1 amide bonds. The van der Waals surface area contributed by atoms with Gasteiger partial charge in [0.25, 0.3) is 0 Å². The Bertz CT molecular complexity index is 835. The van der Waals surface area contributed by atoms with Crippen LogP contribution in [0.4, 0.5) is 0 Å². The molecule has 0 aliphatic heterocycles. The van der Waals surface area contributed by atoms with Crippen molar-refractivity contribution in [3.63, 3.8) is 0 Å². The normalized spacial score (nSPS) is 12.4. The lowest BCUT2D eigenvalue weighted by atomic mass is 10.1. The van der Waals surface area contributed by atoms with E-state index in [9.17, 15) is 13.2 Å². The Kier molecular flexibility index (Phi) is 6.17. The Morgan fingerprint density at radius 2 is 1.84 bits per heavy atom. The molecule has 0 aromatic heterocycles. The first-order valence-electron chi connectivity index (χ1n) is 7.80. The first kappa shape index (κ1) is 19.0. The molecule has 0 fully saturated rings. The van der Waals surface area contributed by atoms with Crippen LogP contribution in [0.15, 0.2) is 53.4 Å². The number of nitrogens with one attached hydrogen (secondary N) is 2. The van der Waals surface area contributed by atoms with Crippen molar-refractivity contribution in [3.05, 3.63) is 59.7 Å². The van der Waals surface area contributed by atoms with Crippen LogP contribution in [0.1, 0.15) is 11.1 Å². The van der Waals surface area contributed by atoms with E-state index in [-0.39, 0.29) is 11.3 Å². The Labute approximate surface area is 148 Å². The Morgan fingerprint density at radius 1 is 1.16 bits per heavy atom. The van der Waals surface area contributed by atoms with E-state index in [0.29, 0.717) is 11.3 Å². The average Bonchev–Trinajstić information content (AvgIpc) is 2.61. The molecule has 1 atom stereocenters. The molecule has 0 unspecified atom stereocenters. The summed E-state index contributed by atoms with van der Waals surface area (Å²) < 4.78 is 33.0. The van der Waals surface area contributed by atoms with Crippen LogP contribution >= 0.6 is 0 Å². The van der Waals surface area contributed by atoms with Gasteiger partial charge < -0.3 is 10.1 Å². The maximum absolute atomic E-state index is 12.7. The number of amides is 1. The number of carbonyl (C=O) groups excluding carboxylic acids is 1. The van der Waals surface area contributed by atoms with E-state index in [1.165, 1.54) is 26.3 Å². The quantitative estimate of drug-likeness (QED) is 0.784. The van der Waals surface area contributed by atoms with Gasteiger partial charge in [-0.25, -0.2) is 8.42 Å². The van der Waals surface area contributed by atoms with Crippen molar-refractivity contribution < 1.29 is 17.9 Å². The van der Waals surface area contributed by atoms with Crippen molar-refractivity contribution in [2.24, 2.45) is 0 Å². The number of rotatable bonds is 7. The van der Waals surface area contributed by atoms with Gasteiger partial charge in [0.15, 0.2) is 0 Å². The van der Waals surface area contributed by atoms with Crippen molar-refractivity contribution in [3.8, 4) is 5.75 Å². The van der Waals surface area contributed by atoms with Gasteiger partial charge in [-0.2, -0.15) is 4.72 Å². The fourth-order valence-electron chi connectivity index (χ4n) is 2.49. The summed E-state index contributed by atoms with van der Waals surface area (Å²) in [6.07, 6.45) is 0.259. The Hall–Kier alpha value is -2.38. The highest BCUT2D eigenvalue weighted by atomic mass is 32.2. The maximum atomic E-state index is 12.7. The van der Waals surface area contributed by atoms with Crippen LogP contribution in [0.3, 0.4) is 0 Å². The predicted octanol–water partition coefficient (Wildman–Crippen LogP) is 1.64. The van der Waals surface area contributed by atoms with E-state index in [2.05, 4.69) is 10.0 Å². The van der Waals surface area contributed by atoms with Crippen LogP contribution in [0.5, 0.6) is 5.75 Å². The van der Waals surface area contributed by atoms with Gasteiger partial charge >= 0.3 is 0 Å². The van der Waals surface area contributed by atoms with Crippen LogP contribution < -0.4 is 14.8 Å². The third-order valence-corrected chi connectivity index (χ3v) is 5.29. The molecule has 25 heavy (non-hydrogen) atoms. The molecule has 0 spiro atoms. The standard InChI is InChI=1S/C18H22N2O4S/c1-13-11-15(9-10-17(13)24-3)25(22,23)20-16(18(21)19-2)12-14-7-5-4-6-8-14/h4-11,16,20H,12H2,1-3H3,(H,19,21)/t16-/m0/s1. The van der Waals surface area contributed by atoms with Crippen LogP contribution in [-0.2, 0) is 21.2 Å². The molecule has 0 radical (unpaired) electrons. The summed E-state index contributed by atoms with van der Waals surface area (Å²) in [6, 6.07) is 12.9. The lowest BCUT2D eigenvalue weighted by Crippen LogP contribution is -2.46. The molecule has 7 heteroatoms. The zero-order chi connectivity index (χ0) is 18.4. The predicted molar refractivity (Wildman–Crippen MR) is 96.1 cm³/mol. The van der Waals surface area contributed by atoms with E-state index in [0.717, 1.165) is 5.56 Å². The highest BCUT2D eigenvalue weighted by Gasteiger charge is 2.25. The van der Waals surface area contributed by atoms with Crippen LogP contribution in [0.2, 0.25) is 0 Å². The summed E-state index contributed by atoms with van der Waals surface area (Å²) in [7, 11) is -0.846. The topological polar surface area (TPSA) is 84.5 Å². The number of carbonyl (C=O) groups is 1. The number of hydrogen-bond acceptors (Lipinski definition) is 4. The summed E-state index contributed by atoms with van der Waals surface area (Å²) in [5.41, 5.74) is 1.56. The maximum Gasteiger partial charge on any atom is 0.241 e. The molecule has 2 N–H and O–H groups in total. The van der Waals surface area contributed by atoms with Gasteiger partial charge in [-0.05, 0) is 42.7 Å². The fraction of sp³-hybridized carbons (Fsp3) is 0.278. The highest BCUT2D eigenvalue weighted by Crippen LogP contribution is 2.21. The lowest BCUT2D eigenvalue weighted by molar-refractivity contribution is -0.122. The summed E-state index contributed by atoms with van der Waals surface area (Å²) in [6.45, 7) is 1.76. The summed E-state index contributed by atoms with van der Waals surface area (Å²) in [4.78, 5) is 12.2. The molecule has 6 nitrogen and oxygen atoms in total. The smallest absolute Gasteiger partial charge is 0.241 e. The van der Waals surface area contributed by atoms with E-state index in [4.69, 9.17) is 4.74 Å². The summed E-state index contributed by atoms with van der Waals surface area (Å²) in [5, 5.41) is 2.50. The van der Waals surface area contributed by atoms with Gasteiger partial charge in [0, 0.05) is 7.05 Å². The summed E-state index contributed by atoms with van der Waals surface area (Å²) in [5.74, 6) is 0.212. The molecular weight excluding hydrogens is 340 g/mol. The van der Waals surface area contributed by atoms with Crippen molar-refractivity contribution in [1.29, 1.82) is 0 Å². The van der Waals surface area contributed by atoms with Crippen molar-refractivity contribution in [1.82, 2.24) is 10.0 Å². The van der Waals surface area contributed by atoms with Crippen LogP contribution in [-0.4, -0.2) is 34.5 Å². The molecule has 0 saturated heterocycles. The number of benzene rings is 2. The van der Waals surface area contributed by atoms with Crippen molar-refractivity contribution in [2.75, 3.05) is 14.2 Å². The van der Waals surface area contributed by atoms with Crippen molar-refractivity contribution >= 4 is 15.9 Å². The number of aryl methyl sites for hydroxylation is 1. The second-order valence-electron chi connectivity index (χ2n) is 5.61. The SMILES string of the molecule is CNC(=O)[C@H](Cc1ccccc1)NS(=O)(=O)c1ccc(OC)c(C)c1. The molecule has 134 valence electrons. The second kappa shape index (κ2) is 8.13. The number of likely N-dealkylation sites (N-methyl/N-ethyl adjacent to an activating group) is 1. The minimum atomic E-state index is -3.85. The lowest BCUT2D eigenvalue weighted by Gasteiger charge is -2.18. The van der Waals surface area contributed by atoms with E-state index >= 15 is 0 Å². The molecule has 0 saturated carbocycles. The van der Waals surface area contributed by atoms with Gasteiger partial charge in [0.1, 0.15) is 11.8 Å². The van der Waals surface area contributed by atoms with Gasteiger partial charge in [0.2, 0.25) is 15.9 Å². The monoisotopic (exact) mass is 362 g/mol.